The fraction of sp³-hybridized carbons (Fsp3) is 0.308. The fourth-order valence-electron chi connectivity index (χ4n) is 1.87. The van der Waals surface area contributed by atoms with Gasteiger partial charge in [0.2, 0.25) is 0 Å². The van der Waals surface area contributed by atoms with Crippen molar-refractivity contribution in [1.29, 1.82) is 0 Å². The molecular formula is C13H19IN4. The van der Waals surface area contributed by atoms with Crippen molar-refractivity contribution in [2.45, 2.75) is 13.3 Å². The molecule has 0 bridgehead atoms. The normalized spacial score (nSPS) is 11.3. The molecule has 98 valence electrons. The van der Waals surface area contributed by atoms with Crippen molar-refractivity contribution in [1.82, 2.24) is 10.3 Å². The molecule has 0 spiro atoms. The van der Waals surface area contributed by atoms with Gasteiger partial charge in [0.25, 0.3) is 0 Å². The molecule has 18 heavy (non-hydrogen) atoms. The molecule has 1 aromatic heterocycles. The molecular weight excluding hydrogens is 339 g/mol. The van der Waals surface area contributed by atoms with E-state index in [-0.39, 0.29) is 24.0 Å². The summed E-state index contributed by atoms with van der Waals surface area (Å²) >= 11 is 0. The van der Waals surface area contributed by atoms with Gasteiger partial charge in [-0.2, -0.15) is 0 Å². The number of aliphatic imine (C=N–C) groups is 1. The lowest BCUT2D eigenvalue weighted by atomic mass is 10.1. The highest BCUT2D eigenvalue weighted by atomic mass is 127. The molecule has 2 aromatic rings. The summed E-state index contributed by atoms with van der Waals surface area (Å²) in [4.78, 5) is 7.52. The van der Waals surface area contributed by atoms with Crippen LogP contribution >= 0.6 is 24.0 Å². The number of halogens is 1. The molecule has 0 atom stereocenters. The van der Waals surface area contributed by atoms with Gasteiger partial charge in [-0.1, -0.05) is 18.2 Å². The van der Waals surface area contributed by atoms with Crippen molar-refractivity contribution < 1.29 is 0 Å². The van der Waals surface area contributed by atoms with Gasteiger partial charge in [0.1, 0.15) is 0 Å². The number of nitrogens with one attached hydrogen (secondary N) is 2. The third kappa shape index (κ3) is 3.63. The highest BCUT2D eigenvalue weighted by Gasteiger charge is 2.01. The number of benzene rings is 1. The molecule has 0 unspecified atom stereocenters. The van der Waals surface area contributed by atoms with Gasteiger partial charge >= 0.3 is 0 Å². The Hall–Kier alpha value is -1.24. The van der Waals surface area contributed by atoms with Crippen molar-refractivity contribution in [2.24, 2.45) is 10.7 Å². The molecule has 0 saturated heterocycles. The fourth-order valence-corrected chi connectivity index (χ4v) is 1.87. The summed E-state index contributed by atoms with van der Waals surface area (Å²) in [6.45, 7) is 3.52. The number of para-hydroxylation sites is 1. The van der Waals surface area contributed by atoms with Crippen LogP contribution in [0.4, 0.5) is 0 Å². The minimum Gasteiger partial charge on any atom is -0.370 e. The minimum atomic E-state index is 0. The third-order valence-corrected chi connectivity index (χ3v) is 2.70. The maximum Gasteiger partial charge on any atom is 0.188 e. The molecule has 0 aliphatic carbocycles. The number of hydrogen-bond acceptors (Lipinski definition) is 1. The quantitative estimate of drug-likeness (QED) is 0.446. The maximum absolute atomic E-state index is 5.67. The van der Waals surface area contributed by atoms with E-state index in [4.69, 9.17) is 5.73 Å². The number of H-pyrrole nitrogens is 1. The molecule has 4 N–H and O–H groups in total. The molecule has 0 aliphatic rings. The second-order valence-corrected chi connectivity index (χ2v) is 3.91. The zero-order valence-corrected chi connectivity index (χ0v) is 12.8. The number of guanidine groups is 1. The summed E-state index contributed by atoms with van der Waals surface area (Å²) in [6.07, 6.45) is 2.94. The number of fused-ring (bicyclic) bond motifs is 1. The monoisotopic (exact) mass is 358 g/mol. The van der Waals surface area contributed by atoms with Crippen LogP contribution in [0.3, 0.4) is 0 Å². The summed E-state index contributed by atoms with van der Waals surface area (Å²) < 4.78 is 0. The standard InChI is InChI=1S/C13H18N4.HI/c1-2-15-13(14)16-8-7-10-9-17-12-6-4-3-5-11(10)12;/h3-6,9,17H,2,7-8H2,1H3,(H3,14,15,16);1H. The maximum atomic E-state index is 5.67. The molecule has 1 heterocycles. The Morgan fingerprint density at radius 2 is 2.17 bits per heavy atom. The Labute approximate surface area is 124 Å². The van der Waals surface area contributed by atoms with Crippen LogP contribution in [0.25, 0.3) is 10.9 Å². The second-order valence-electron chi connectivity index (χ2n) is 3.91. The van der Waals surface area contributed by atoms with E-state index < -0.39 is 0 Å². The van der Waals surface area contributed by atoms with E-state index in [2.05, 4.69) is 33.5 Å². The lowest BCUT2D eigenvalue weighted by Gasteiger charge is -2.01. The minimum absolute atomic E-state index is 0. The largest absolute Gasteiger partial charge is 0.370 e. The van der Waals surface area contributed by atoms with Crippen LogP contribution in [0.1, 0.15) is 12.5 Å². The van der Waals surface area contributed by atoms with Gasteiger partial charge in [-0.3, -0.25) is 4.99 Å². The molecule has 1 aromatic carbocycles. The van der Waals surface area contributed by atoms with Gasteiger partial charge < -0.3 is 16.0 Å². The van der Waals surface area contributed by atoms with Gasteiger partial charge in [0.05, 0.1) is 0 Å². The van der Waals surface area contributed by atoms with E-state index in [9.17, 15) is 0 Å². The zero-order valence-electron chi connectivity index (χ0n) is 10.4. The predicted molar refractivity (Wildman–Crippen MR) is 87.6 cm³/mol. The average Bonchev–Trinajstić information content (AvgIpc) is 2.73. The molecule has 4 nitrogen and oxygen atoms in total. The first-order chi connectivity index (χ1) is 8.31. The number of aromatic amines is 1. The van der Waals surface area contributed by atoms with Gasteiger partial charge in [-0.05, 0) is 25.0 Å². The zero-order chi connectivity index (χ0) is 12.1. The van der Waals surface area contributed by atoms with Gasteiger partial charge in [0, 0.05) is 30.2 Å². The average molecular weight is 358 g/mol. The van der Waals surface area contributed by atoms with Crippen LogP contribution in [0.2, 0.25) is 0 Å². The number of hydrogen-bond donors (Lipinski definition) is 3. The Balaban J connectivity index is 0.00000162. The second kappa shape index (κ2) is 7.25. The van der Waals surface area contributed by atoms with Crippen LogP contribution in [0, 0.1) is 0 Å². The molecule has 0 radical (unpaired) electrons. The predicted octanol–water partition coefficient (Wildman–Crippen LogP) is 2.25. The molecule has 2 rings (SSSR count). The van der Waals surface area contributed by atoms with Gasteiger partial charge in [-0.15, -0.1) is 24.0 Å². The van der Waals surface area contributed by atoms with Crippen LogP contribution in [0.15, 0.2) is 35.5 Å². The SMILES string of the molecule is CCNC(N)=NCCc1c[nH]c2ccccc12.I. The summed E-state index contributed by atoms with van der Waals surface area (Å²) in [6, 6.07) is 8.29. The van der Waals surface area contributed by atoms with Crippen molar-refractivity contribution in [3.05, 3.63) is 36.0 Å². The lowest BCUT2D eigenvalue weighted by molar-refractivity contribution is 0.908. The first kappa shape index (κ1) is 14.8. The summed E-state index contributed by atoms with van der Waals surface area (Å²) in [5.74, 6) is 0.521. The number of rotatable bonds is 4. The summed E-state index contributed by atoms with van der Waals surface area (Å²) in [5, 5.41) is 4.25. The van der Waals surface area contributed by atoms with Crippen LogP contribution < -0.4 is 11.1 Å². The van der Waals surface area contributed by atoms with E-state index in [0.29, 0.717) is 12.5 Å². The van der Waals surface area contributed by atoms with E-state index in [1.54, 1.807) is 0 Å². The first-order valence-electron chi connectivity index (χ1n) is 5.90. The Morgan fingerprint density at radius 1 is 1.39 bits per heavy atom. The van der Waals surface area contributed by atoms with Crippen LogP contribution in [-0.2, 0) is 6.42 Å². The highest BCUT2D eigenvalue weighted by molar-refractivity contribution is 14.0. The van der Waals surface area contributed by atoms with Crippen molar-refractivity contribution >= 4 is 40.8 Å². The lowest BCUT2D eigenvalue weighted by Crippen LogP contribution is -2.31. The van der Waals surface area contributed by atoms with Crippen molar-refractivity contribution in [3.8, 4) is 0 Å². The van der Waals surface area contributed by atoms with Crippen molar-refractivity contribution in [2.75, 3.05) is 13.1 Å². The Morgan fingerprint density at radius 3 is 2.94 bits per heavy atom. The van der Waals surface area contributed by atoms with Crippen molar-refractivity contribution in [3.63, 3.8) is 0 Å². The summed E-state index contributed by atoms with van der Waals surface area (Å²) in [5.41, 5.74) is 8.13. The van der Waals surface area contributed by atoms with E-state index >= 15 is 0 Å². The number of aromatic nitrogens is 1. The first-order valence-corrected chi connectivity index (χ1v) is 5.90. The molecule has 0 aliphatic heterocycles. The Kier molecular flexibility index (Phi) is 5.97. The third-order valence-electron chi connectivity index (χ3n) is 2.70. The van der Waals surface area contributed by atoms with E-state index in [0.717, 1.165) is 13.0 Å². The topological polar surface area (TPSA) is 66.2 Å². The number of nitrogens with zero attached hydrogens (tertiary/aromatic N) is 1. The van der Waals surface area contributed by atoms with Crippen LogP contribution in [0.5, 0.6) is 0 Å². The summed E-state index contributed by atoms with van der Waals surface area (Å²) in [7, 11) is 0. The molecule has 0 saturated carbocycles. The van der Waals surface area contributed by atoms with Gasteiger partial charge in [0.15, 0.2) is 5.96 Å². The van der Waals surface area contributed by atoms with Crippen LogP contribution in [-0.4, -0.2) is 24.0 Å². The van der Waals surface area contributed by atoms with E-state index in [1.807, 2.05) is 19.2 Å². The smallest absolute Gasteiger partial charge is 0.188 e. The van der Waals surface area contributed by atoms with E-state index in [1.165, 1.54) is 16.5 Å². The molecule has 0 amide bonds. The highest BCUT2D eigenvalue weighted by Crippen LogP contribution is 2.17. The van der Waals surface area contributed by atoms with Gasteiger partial charge in [-0.25, -0.2) is 0 Å². The Bertz CT molecular complexity index is 518. The molecule has 0 fully saturated rings. The number of nitrogens with two attached hydrogens (primary N) is 1. The molecule has 5 heteroatoms.